The number of sulfonamides is 1. The number of carbonyl (C=O) groups is 4. The van der Waals surface area contributed by atoms with Crippen LogP contribution >= 0.6 is 11.3 Å². The molecule has 1 aromatic heterocycles. The first-order valence-corrected chi connectivity index (χ1v) is 17.9. The number of nitrogens with zero attached hydrogens (tertiary/aromatic N) is 2. The van der Waals surface area contributed by atoms with Crippen LogP contribution in [-0.4, -0.2) is 72.6 Å². The highest BCUT2D eigenvalue weighted by Gasteiger charge is 2.62. The summed E-state index contributed by atoms with van der Waals surface area (Å²) in [5.41, 5.74) is -0.791. The monoisotopic (exact) mass is 673 g/mol. The van der Waals surface area contributed by atoms with Gasteiger partial charge in [0.05, 0.1) is 22.8 Å². The third-order valence-electron chi connectivity index (χ3n) is 9.15. The Bertz CT molecular complexity index is 1660. The van der Waals surface area contributed by atoms with Crippen molar-refractivity contribution in [3.63, 3.8) is 0 Å². The Morgan fingerprint density at radius 3 is 2.70 bits per heavy atom. The Balaban J connectivity index is 1.20. The van der Waals surface area contributed by atoms with Gasteiger partial charge in [-0.3, -0.25) is 24.4 Å². The van der Waals surface area contributed by atoms with E-state index in [1.807, 2.05) is 12.2 Å². The summed E-state index contributed by atoms with van der Waals surface area (Å²) >= 11 is 1.28. The van der Waals surface area contributed by atoms with Gasteiger partial charge in [-0.05, 0) is 69.6 Å². The van der Waals surface area contributed by atoms with E-state index in [1.54, 1.807) is 23.5 Å². The molecule has 12 nitrogen and oxygen atoms in total. The zero-order valence-electron chi connectivity index (χ0n) is 25.2. The molecule has 4 aliphatic rings. The van der Waals surface area contributed by atoms with Crippen LogP contribution in [0.15, 0.2) is 41.9 Å². The van der Waals surface area contributed by atoms with Crippen LogP contribution in [0.5, 0.6) is 0 Å². The number of allylic oxidation sites excluding steroid dienone is 1. The van der Waals surface area contributed by atoms with E-state index >= 15 is 0 Å². The van der Waals surface area contributed by atoms with Gasteiger partial charge in [-0.2, -0.15) is 0 Å². The number of nitrogens with one attached hydrogen (secondary N) is 3. The summed E-state index contributed by atoms with van der Waals surface area (Å²) < 4.78 is 47.1. The number of hydrogen-bond donors (Lipinski definition) is 3. The van der Waals surface area contributed by atoms with E-state index in [0.29, 0.717) is 36.4 Å². The van der Waals surface area contributed by atoms with Gasteiger partial charge in [0.2, 0.25) is 21.8 Å². The SMILES string of the molecule is CN1CCCC/C=C\[C@@H]2C[C@@]2(C(=O)NS(=O)(=O)C2CC2)NC(=O)[C@@H]2C[C@@H](OC(=O)Nc3ccc(F)cc3-c3nccs3)C[C@H]2C1=O. The summed E-state index contributed by atoms with van der Waals surface area (Å²) in [6.45, 7) is 0.489. The molecule has 3 N–H and O–H groups in total. The first-order valence-electron chi connectivity index (χ1n) is 15.4. The largest absolute Gasteiger partial charge is 0.446 e. The second-order valence-electron chi connectivity index (χ2n) is 12.5. The highest BCUT2D eigenvalue weighted by atomic mass is 32.2. The summed E-state index contributed by atoms with van der Waals surface area (Å²) in [5.74, 6) is -4.28. The molecule has 5 atom stereocenters. The second kappa shape index (κ2) is 12.7. The lowest BCUT2D eigenvalue weighted by molar-refractivity contribution is -0.140. The van der Waals surface area contributed by atoms with Crippen molar-refractivity contribution < 1.29 is 36.7 Å². The van der Waals surface area contributed by atoms with Gasteiger partial charge in [-0.15, -0.1) is 11.3 Å². The van der Waals surface area contributed by atoms with Crippen LogP contribution in [0.1, 0.15) is 51.4 Å². The molecule has 3 fully saturated rings. The standard InChI is InChI=1S/C31H36FN5O7S2/c1-37-12-5-3-2-4-6-18-17-31(18,29(40)36-46(42,43)21-8-9-21)35-26(38)22-15-20(16-23(22)28(37)39)44-30(41)34-25-10-7-19(32)14-24(25)27-33-11-13-45-27/h4,6-7,10-11,13-14,18,20-23H,2-3,5,8-9,12,15-17H2,1H3,(H,34,41)(H,35,38)(H,36,40)/b6-4-/t18-,20-,22-,23-,31-/m1/s1. The molecule has 0 spiro atoms. The molecule has 3 aliphatic carbocycles. The fourth-order valence-electron chi connectivity index (χ4n) is 6.34. The lowest BCUT2D eigenvalue weighted by Gasteiger charge is -2.26. The highest BCUT2D eigenvalue weighted by molar-refractivity contribution is 7.91. The minimum atomic E-state index is -3.85. The number of rotatable bonds is 6. The smallest absolute Gasteiger partial charge is 0.411 e. The Hall–Kier alpha value is -3.85. The molecule has 6 rings (SSSR count). The van der Waals surface area contributed by atoms with E-state index in [1.165, 1.54) is 29.5 Å². The normalized spacial score (nSPS) is 29.0. The summed E-state index contributed by atoms with van der Waals surface area (Å²) in [5, 5.41) is 7.07. The zero-order valence-corrected chi connectivity index (χ0v) is 26.9. The quantitative estimate of drug-likeness (QED) is 0.392. The van der Waals surface area contributed by atoms with Crippen LogP contribution in [-0.2, 0) is 29.1 Å². The summed E-state index contributed by atoms with van der Waals surface area (Å²) in [6, 6.07) is 3.86. The lowest BCUT2D eigenvalue weighted by Crippen LogP contribution is -2.54. The molecular formula is C31H36FN5O7S2. The van der Waals surface area contributed by atoms with Crippen molar-refractivity contribution in [1.29, 1.82) is 0 Å². The van der Waals surface area contributed by atoms with E-state index in [0.717, 1.165) is 12.8 Å². The molecule has 2 aromatic rings. The average Bonchev–Trinajstić information content (AvgIpc) is 3.87. The number of benzene rings is 1. The molecule has 0 radical (unpaired) electrons. The van der Waals surface area contributed by atoms with Gasteiger partial charge in [-0.1, -0.05) is 12.2 Å². The van der Waals surface area contributed by atoms with Gasteiger partial charge in [-0.25, -0.2) is 22.6 Å². The van der Waals surface area contributed by atoms with Gasteiger partial charge < -0.3 is 15.0 Å². The topological polar surface area (TPSA) is 164 Å². The van der Waals surface area contributed by atoms with Crippen molar-refractivity contribution in [2.24, 2.45) is 17.8 Å². The van der Waals surface area contributed by atoms with E-state index < -0.39 is 68.4 Å². The number of anilines is 1. The number of aromatic nitrogens is 1. The number of thiazole rings is 1. The molecule has 1 aliphatic heterocycles. The number of halogens is 1. The number of hydrogen-bond acceptors (Lipinski definition) is 9. The molecule has 0 saturated heterocycles. The van der Waals surface area contributed by atoms with E-state index in [-0.39, 0.29) is 30.9 Å². The fraction of sp³-hybridized carbons (Fsp3) is 0.516. The molecule has 1 aromatic carbocycles. The molecule has 0 unspecified atom stereocenters. The number of amides is 4. The van der Waals surface area contributed by atoms with E-state index in [9.17, 15) is 32.0 Å². The molecule has 4 amide bonds. The van der Waals surface area contributed by atoms with Gasteiger partial charge in [0.1, 0.15) is 22.5 Å². The number of fused-ring (bicyclic) bond motifs is 2. The van der Waals surface area contributed by atoms with Crippen molar-refractivity contribution in [2.45, 2.75) is 68.3 Å². The van der Waals surface area contributed by atoms with Crippen molar-refractivity contribution >= 4 is 50.9 Å². The lowest BCUT2D eigenvalue weighted by atomic mass is 9.93. The predicted octanol–water partition coefficient (Wildman–Crippen LogP) is 3.57. The van der Waals surface area contributed by atoms with Crippen LogP contribution in [0, 0.1) is 23.6 Å². The van der Waals surface area contributed by atoms with Gasteiger partial charge in [0.15, 0.2) is 0 Å². The number of ether oxygens (including phenoxy) is 1. The van der Waals surface area contributed by atoms with E-state index in [2.05, 4.69) is 20.3 Å². The van der Waals surface area contributed by atoms with Gasteiger partial charge in [0, 0.05) is 36.7 Å². The molecule has 15 heteroatoms. The Morgan fingerprint density at radius 1 is 1.17 bits per heavy atom. The minimum absolute atomic E-state index is 0.0187. The van der Waals surface area contributed by atoms with Crippen LogP contribution in [0.4, 0.5) is 14.9 Å². The third-order valence-corrected chi connectivity index (χ3v) is 11.8. The maximum absolute atomic E-state index is 14.0. The van der Waals surface area contributed by atoms with Gasteiger partial charge in [0.25, 0.3) is 5.91 Å². The Kier molecular flexibility index (Phi) is 8.89. The molecule has 246 valence electrons. The fourth-order valence-corrected chi connectivity index (χ4v) is 8.37. The summed E-state index contributed by atoms with van der Waals surface area (Å²) in [6.07, 6.45) is 7.22. The Labute approximate surface area is 270 Å². The molecule has 3 saturated carbocycles. The average molecular weight is 674 g/mol. The van der Waals surface area contributed by atoms with Crippen LogP contribution in [0.2, 0.25) is 0 Å². The molecule has 0 bridgehead atoms. The Morgan fingerprint density at radius 2 is 1.96 bits per heavy atom. The van der Waals surface area contributed by atoms with Crippen LogP contribution in [0.3, 0.4) is 0 Å². The first kappa shape index (κ1) is 32.1. The van der Waals surface area contributed by atoms with Crippen molar-refractivity contribution in [3.05, 3.63) is 47.7 Å². The van der Waals surface area contributed by atoms with Crippen molar-refractivity contribution in [3.8, 4) is 10.6 Å². The minimum Gasteiger partial charge on any atom is -0.446 e. The summed E-state index contributed by atoms with van der Waals surface area (Å²) in [7, 11) is -2.18. The number of carbonyl (C=O) groups excluding carboxylic acids is 4. The molecular weight excluding hydrogens is 638 g/mol. The van der Waals surface area contributed by atoms with Gasteiger partial charge >= 0.3 is 6.09 Å². The molecule has 46 heavy (non-hydrogen) atoms. The maximum atomic E-state index is 14.0. The van der Waals surface area contributed by atoms with E-state index in [4.69, 9.17) is 4.74 Å². The second-order valence-corrected chi connectivity index (χ2v) is 15.3. The summed E-state index contributed by atoms with van der Waals surface area (Å²) in [4.78, 5) is 59.7. The first-order chi connectivity index (χ1) is 22.0. The maximum Gasteiger partial charge on any atom is 0.411 e. The van der Waals surface area contributed by atoms with Crippen LogP contribution < -0.4 is 15.4 Å². The van der Waals surface area contributed by atoms with Crippen LogP contribution in [0.25, 0.3) is 10.6 Å². The third kappa shape index (κ3) is 6.80. The van der Waals surface area contributed by atoms with Crippen molar-refractivity contribution in [1.82, 2.24) is 19.9 Å². The van der Waals surface area contributed by atoms with Crippen molar-refractivity contribution in [2.75, 3.05) is 18.9 Å². The zero-order chi connectivity index (χ0) is 32.6. The predicted molar refractivity (Wildman–Crippen MR) is 167 cm³/mol. The molecule has 2 heterocycles. The highest BCUT2D eigenvalue weighted by Crippen LogP contribution is 2.47.